The molecule has 0 aromatic heterocycles. The third kappa shape index (κ3) is 4.68. The number of carboxylic acids is 1. The third-order valence-corrected chi connectivity index (χ3v) is 3.69. The second-order valence-corrected chi connectivity index (χ2v) is 5.64. The van der Waals surface area contributed by atoms with Crippen LogP contribution in [0.2, 0.25) is 10.0 Å². The van der Waals surface area contributed by atoms with Crippen molar-refractivity contribution in [3.05, 3.63) is 69.5 Å². The van der Waals surface area contributed by atoms with Gasteiger partial charge in [-0.15, -0.1) is 0 Å². The Morgan fingerprint density at radius 3 is 2.35 bits per heavy atom. The summed E-state index contributed by atoms with van der Waals surface area (Å²) in [5.74, 6) is -2.09. The van der Waals surface area contributed by atoms with Gasteiger partial charge in [-0.05, 0) is 42.0 Å². The van der Waals surface area contributed by atoms with Gasteiger partial charge in [0.15, 0.2) is 0 Å². The highest BCUT2D eigenvalue weighted by atomic mass is 35.5. The molecule has 0 heterocycles. The molecule has 2 aromatic carbocycles. The molecule has 2 aromatic rings. The Balaban J connectivity index is 2.26. The van der Waals surface area contributed by atoms with Crippen LogP contribution < -0.4 is 5.32 Å². The van der Waals surface area contributed by atoms with Crippen LogP contribution in [0.4, 0.5) is 4.39 Å². The first-order chi connectivity index (χ1) is 10.9. The normalized spacial score (nSPS) is 11.8. The highest BCUT2D eigenvalue weighted by Crippen LogP contribution is 2.28. The Labute approximate surface area is 141 Å². The summed E-state index contributed by atoms with van der Waals surface area (Å²) < 4.78 is 12.9. The quantitative estimate of drug-likeness (QED) is 0.849. The maximum absolute atomic E-state index is 12.9. The first-order valence-corrected chi connectivity index (χ1v) is 7.35. The summed E-state index contributed by atoms with van der Waals surface area (Å²) in [4.78, 5) is 23.3. The maximum atomic E-state index is 12.9. The van der Waals surface area contributed by atoms with Gasteiger partial charge in [-0.3, -0.25) is 9.59 Å². The topological polar surface area (TPSA) is 66.4 Å². The van der Waals surface area contributed by atoms with Gasteiger partial charge in [-0.1, -0.05) is 29.3 Å². The number of carboxylic acid groups (broad SMARTS) is 1. The number of rotatable bonds is 5. The number of aliphatic carboxylic acids is 1. The summed E-state index contributed by atoms with van der Waals surface area (Å²) in [7, 11) is 0. The van der Waals surface area contributed by atoms with E-state index < -0.39 is 23.7 Å². The zero-order valence-corrected chi connectivity index (χ0v) is 13.2. The summed E-state index contributed by atoms with van der Waals surface area (Å²) in [6.45, 7) is 0. The van der Waals surface area contributed by atoms with Crippen molar-refractivity contribution in [3.63, 3.8) is 0 Å². The van der Waals surface area contributed by atoms with E-state index in [0.717, 1.165) is 12.1 Å². The van der Waals surface area contributed by atoms with Gasteiger partial charge < -0.3 is 10.4 Å². The molecule has 0 saturated heterocycles. The number of nitrogens with one attached hydrogen (secondary N) is 1. The molecule has 0 fully saturated rings. The van der Waals surface area contributed by atoms with Crippen molar-refractivity contribution < 1.29 is 19.1 Å². The van der Waals surface area contributed by atoms with Crippen LogP contribution in [0.3, 0.4) is 0 Å². The van der Waals surface area contributed by atoms with Crippen LogP contribution in [0, 0.1) is 5.82 Å². The second-order valence-electron chi connectivity index (χ2n) is 4.80. The average molecular weight is 356 g/mol. The highest BCUT2D eigenvalue weighted by molar-refractivity contribution is 6.35. The van der Waals surface area contributed by atoms with Crippen LogP contribution in [-0.4, -0.2) is 17.0 Å². The van der Waals surface area contributed by atoms with Crippen molar-refractivity contribution in [3.8, 4) is 0 Å². The number of carbonyl (C=O) groups is 2. The standard InChI is InChI=1S/C16H12Cl2FNO3/c17-10-3-6-12(13(18)7-10)14(8-15(21)22)20-16(23)9-1-4-11(19)5-2-9/h1-7,14H,8H2,(H,20,23)(H,21,22). The molecular formula is C16H12Cl2FNO3. The summed E-state index contributed by atoms with van der Waals surface area (Å²) >= 11 is 11.9. The fraction of sp³-hybridized carbons (Fsp3) is 0.125. The molecule has 0 bridgehead atoms. The Hall–Kier alpha value is -2.11. The molecule has 120 valence electrons. The predicted octanol–water partition coefficient (Wildman–Crippen LogP) is 4.08. The van der Waals surface area contributed by atoms with E-state index in [2.05, 4.69) is 5.32 Å². The van der Waals surface area contributed by atoms with E-state index in [4.69, 9.17) is 28.3 Å². The SMILES string of the molecule is O=C(O)CC(NC(=O)c1ccc(F)cc1)c1ccc(Cl)cc1Cl. The molecule has 1 unspecified atom stereocenters. The van der Waals surface area contributed by atoms with Gasteiger partial charge >= 0.3 is 5.97 Å². The predicted molar refractivity (Wildman–Crippen MR) is 85.3 cm³/mol. The monoisotopic (exact) mass is 355 g/mol. The smallest absolute Gasteiger partial charge is 0.305 e. The average Bonchev–Trinajstić information content (AvgIpc) is 2.46. The molecule has 1 atom stereocenters. The van der Waals surface area contributed by atoms with E-state index in [1.807, 2.05) is 0 Å². The molecule has 4 nitrogen and oxygen atoms in total. The molecular weight excluding hydrogens is 344 g/mol. The molecule has 0 radical (unpaired) electrons. The molecule has 0 saturated carbocycles. The zero-order chi connectivity index (χ0) is 17.0. The molecule has 0 spiro atoms. The minimum atomic E-state index is -1.10. The molecule has 23 heavy (non-hydrogen) atoms. The molecule has 0 aliphatic rings. The van der Waals surface area contributed by atoms with Crippen LogP contribution in [0.25, 0.3) is 0 Å². The molecule has 0 aliphatic carbocycles. The highest BCUT2D eigenvalue weighted by Gasteiger charge is 2.21. The summed E-state index contributed by atoms with van der Waals surface area (Å²) in [6, 6.07) is 8.67. The van der Waals surface area contributed by atoms with E-state index in [9.17, 15) is 14.0 Å². The summed E-state index contributed by atoms with van der Waals surface area (Å²) in [5, 5.41) is 12.3. The lowest BCUT2D eigenvalue weighted by Crippen LogP contribution is -2.30. The van der Waals surface area contributed by atoms with Gasteiger partial charge in [-0.2, -0.15) is 0 Å². The van der Waals surface area contributed by atoms with Crippen LogP contribution >= 0.6 is 23.2 Å². The first-order valence-electron chi connectivity index (χ1n) is 6.60. The summed E-state index contributed by atoms with van der Waals surface area (Å²) in [6.07, 6.45) is -0.353. The Kier molecular flexibility index (Phi) is 5.58. The summed E-state index contributed by atoms with van der Waals surface area (Å²) in [5.41, 5.74) is 0.654. The largest absolute Gasteiger partial charge is 0.481 e. The lowest BCUT2D eigenvalue weighted by molar-refractivity contribution is -0.137. The lowest BCUT2D eigenvalue weighted by Gasteiger charge is -2.19. The van der Waals surface area contributed by atoms with Gasteiger partial charge in [0.2, 0.25) is 0 Å². The Morgan fingerprint density at radius 1 is 1.13 bits per heavy atom. The maximum Gasteiger partial charge on any atom is 0.305 e. The van der Waals surface area contributed by atoms with Crippen molar-refractivity contribution in [1.82, 2.24) is 5.32 Å². The molecule has 0 aliphatic heterocycles. The van der Waals surface area contributed by atoms with E-state index in [1.54, 1.807) is 12.1 Å². The van der Waals surface area contributed by atoms with E-state index in [-0.39, 0.29) is 17.0 Å². The fourth-order valence-electron chi connectivity index (χ4n) is 2.04. The van der Waals surface area contributed by atoms with Crippen molar-refractivity contribution in [2.75, 3.05) is 0 Å². The van der Waals surface area contributed by atoms with Crippen LogP contribution in [-0.2, 0) is 4.79 Å². The number of carbonyl (C=O) groups excluding carboxylic acids is 1. The first kappa shape index (κ1) is 17.2. The molecule has 7 heteroatoms. The van der Waals surface area contributed by atoms with E-state index in [1.165, 1.54) is 18.2 Å². The van der Waals surface area contributed by atoms with Gasteiger partial charge in [0, 0.05) is 15.6 Å². The van der Waals surface area contributed by atoms with Crippen molar-refractivity contribution in [2.45, 2.75) is 12.5 Å². The van der Waals surface area contributed by atoms with Crippen LogP contribution in [0.5, 0.6) is 0 Å². The minimum Gasteiger partial charge on any atom is -0.481 e. The molecule has 2 N–H and O–H groups in total. The van der Waals surface area contributed by atoms with Crippen LogP contribution in [0.15, 0.2) is 42.5 Å². The third-order valence-electron chi connectivity index (χ3n) is 3.13. The number of halogens is 3. The van der Waals surface area contributed by atoms with Crippen molar-refractivity contribution in [1.29, 1.82) is 0 Å². The van der Waals surface area contributed by atoms with E-state index in [0.29, 0.717) is 10.6 Å². The number of hydrogen-bond acceptors (Lipinski definition) is 2. The number of benzene rings is 2. The Morgan fingerprint density at radius 2 is 1.78 bits per heavy atom. The number of amides is 1. The van der Waals surface area contributed by atoms with Gasteiger partial charge in [0.25, 0.3) is 5.91 Å². The van der Waals surface area contributed by atoms with Crippen LogP contribution in [0.1, 0.15) is 28.4 Å². The molecule has 2 rings (SSSR count). The number of hydrogen-bond donors (Lipinski definition) is 2. The zero-order valence-electron chi connectivity index (χ0n) is 11.7. The van der Waals surface area contributed by atoms with Gasteiger partial charge in [0.05, 0.1) is 12.5 Å². The lowest BCUT2D eigenvalue weighted by atomic mass is 10.0. The van der Waals surface area contributed by atoms with Gasteiger partial charge in [-0.25, -0.2) is 4.39 Å². The molecule has 1 amide bonds. The van der Waals surface area contributed by atoms with Crippen molar-refractivity contribution >= 4 is 35.1 Å². The van der Waals surface area contributed by atoms with Gasteiger partial charge in [0.1, 0.15) is 5.82 Å². The fourth-order valence-corrected chi connectivity index (χ4v) is 2.58. The van der Waals surface area contributed by atoms with Crippen molar-refractivity contribution in [2.24, 2.45) is 0 Å². The second kappa shape index (κ2) is 7.44. The minimum absolute atomic E-state index is 0.215. The Bertz CT molecular complexity index is 735. The van der Waals surface area contributed by atoms with E-state index >= 15 is 0 Å².